The van der Waals surface area contributed by atoms with Gasteiger partial charge in [0.2, 0.25) is 5.91 Å². The van der Waals surface area contributed by atoms with Gasteiger partial charge in [-0.05, 0) is 48.0 Å². The first-order valence-corrected chi connectivity index (χ1v) is 9.32. The van der Waals surface area contributed by atoms with Crippen LogP contribution in [0.3, 0.4) is 0 Å². The van der Waals surface area contributed by atoms with E-state index >= 15 is 0 Å². The van der Waals surface area contributed by atoms with Gasteiger partial charge in [0.1, 0.15) is 5.75 Å². The van der Waals surface area contributed by atoms with E-state index < -0.39 is 5.39 Å². The van der Waals surface area contributed by atoms with E-state index in [9.17, 15) is 9.59 Å². The Labute approximate surface area is 176 Å². The maximum Gasteiger partial charge on any atom is 0.262 e. The number of benzene rings is 2. The highest BCUT2D eigenvalue weighted by molar-refractivity contribution is 6.30. The summed E-state index contributed by atoms with van der Waals surface area (Å²) in [6.07, 6.45) is 1.63. The molecular formula is C20H20ClN3O6. The lowest BCUT2D eigenvalue weighted by molar-refractivity contribution is -0.491. The van der Waals surface area contributed by atoms with E-state index in [4.69, 9.17) is 26.8 Å². The van der Waals surface area contributed by atoms with E-state index in [1.165, 1.54) is 11.7 Å². The van der Waals surface area contributed by atoms with E-state index in [2.05, 4.69) is 10.2 Å². The summed E-state index contributed by atoms with van der Waals surface area (Å²) in [5.41, 5.74) is 1.73. The predicted octanol–water partition coefficient (Wildman–Crippen LogP) is 2.66. The zero-order valence-electron chi connectivity index (χ0n) is 16.0. The highest BCUT2D eigenvalue weighted by Gasteiger charge is 2.18. The maximum absolute atomic E-state index is 13.0. The van der Waals surface area contributed by atoms with Gasteiger partial charge in [-0.25, -0.2) is 4.84 Å². The molecule has 1 amide bonds. The topological polar surface area (TPSA) is 113 Å². The van der Waals surface area contributed by atoms with Crippen LogP contribution in [-0.4, -0.2) is 52.4 Å². The van der Waals surface area contributed by atoms with Crippen LogP contribution in [0.4, 0.5) is 0 Å². The van der Waals surface area contributed by atoms with Crippen LogP contribution in [0.5, 0.6) is 5.75 Å². The molecule has 0 aliphatic carbocycles. The summed E-state index contributed by atoms with van der Waals surface area (Å²) >= 11 is 5.91. The van der Waals surface area contributed by atoms with Crippen molar-refractivity contribution in [2.75, 3.05) is 20.3 Å². The highest BCUT2D eigenvalue weighted by atomic mass is 35.5. The van der Waals surface area contributed by atoms with Gasteiger partial charge >= 0.3 is 0 Å². The second-order valence-electron chi connectivity index (χ2n) is 6.33. The summed E-state index contributed by atoms with van der Waals surface area (Å²) in [5.74, 6) is 0.0231. The van der Waals surface area contributed by atoms with Gasteiger partial charge < -0.3 is 10.1 Å². The number of aromatic nitrogens is 1. The van der Waals surface area contributed by atoms with E-state index in [0.29, 0.717) is 32.8 Å². The van der Waals surface area contributed by atoms with Crippen LogP contribution >= 0.6 is 11.6 Å². The monoisotopic (exact) mass is 433 g/mol. The average Bonchev–Trinajstić information content (AvgIpc) is 3.08. The van der Waals surface area contributed by atoms with Crippen LogP contribution in [0.15, 0.2) is 48.7 Å². The highest BCUT2D eigenvalue weighted by Crippen LogP contribution is 2.27. The molecule has 0 bridgehead atoms. The lowest BCUT2D eigenvalue weighted by Gasteiger charge is -2.07. The fraction of sp³-hybridized carbons (Fsp3) is 0.200. The number of nitrogens with zero attached hydrogens (tertiary/aromatic N) is 2. The van der Waals surface area contributed by atoms with Gasteiger partial charge in [0.15, 0.2) is 0 Å². The van der Waals surface area contributed by atoms with Gasteiger partial charge in [-0.15, -0.1) is 0 Å². The van der Waals surface area contributed by atoms with Crippen molar-refractivity contribution in [3.8, 4) is 5.75 Å². The van der Waals surface area contributed by atoms with Crippen molar-refractivity contribution in [3.05, 3.63) is 64.8 Å². The molecule has 0 aliphatic rings. The Morgan fingerprint density at radius 2 is 1.90 bits per heavy atom. The fourth-order valence-electron chi connectivity index (χ4n) is 3.00. The molecule has 158 valence electrons. The lowest BCUT2D eigenvalue weighted by atomic mass is 10.1. The molecule has 0 fully saturated rings. The number of halogens is 1. The summed E-state index contributed by atoms with van der Waals surface area (Å²) < 4.78 is 6.76. The Balaban J connectivity index is 1.87. The minimum atomic E-state index is -0.422. The molecule has 0 aliphatic heterocycles. The van der Waals surface area contributed by atoms with Crippen molar-refractivity contribution in [1.29, 1.82) is 0 Å². The molecule has 1 heterocycles. The molecule has 1 aromatic heterocycles. The molecular weight excluding hydrogens is 414 g/mol. The standard InChI is InChI=1S/C20H20ClN3O6/c1-29-16-6-7-18-17(11-16)14(10-19(25)22-8-9-30-24(27)28)12-23(18)20(26)13-2-4-15(21)5-3-13/h2-7,11-12,27-28H,8-10H2,1H3,(H,22,25). The van der Waals surface area contributed by atoms with Gasteiger partial charge in [0.25, 0.3) is 5.91 Å². The van der Waals surface area contributed by atoms with E-state index in [-0.39, 0.29) is 31.4 Å². The van der Waals surface area contributed by atoms with Crippen molar-refractivity contribution >= 4 is 34.3 Å². The first kappa shape index (κ1) is 21.8. The van der Waals surface area contributed by atoms with E-state index in [0.717, 1.165) is 0 Å². The van der Waals surface area contributed by atoms with Gasteiger partial charge in [0.05, 0.1) is 31.0 Å². The van der Waals surface area contributed by atoms with E-state index in [1.807, 2.05) is 0 Å². The molecule has 3 N–H and O–H groups in total. The number of methoxy groups -OCH3 is 1. The number of hydrogen-bond acceptors (Lipinski definition) is 7. The quantitative estimate of drug-likeness (QED) is 0.369. The molecule has 9 nitrogen and oxygen atoms in total. The predicted molar refractivity (Wildman–Crippen MR) is 108 cm³/mol. The first-order chi connectivity index (χ1) is 14.4. The minimum Gasteiger partial charge on any atom is -0.497 e. The minimum absolute atomic E-state index is 0.00648. The summed E-state index contributed by atoms with van der Waals surface area (Å²) in [6, 6.07) is 11.8. The number of ether oxygens (including phenoxy) is 1. The summed E-state index contributed by atoms with van der Waals surface area (Å²) in [4.78, 5) is 29.7. The molecule has 0 radical (unpaired) electrons. The number of fused-ring (bicyclic) bond motifs is 1. The third kappa shape index (κ3) is 5.15. The number of rotatable bonds is 8. The van der Waals surface area contributed by atoms with Crippen molar-refractivity contribution in [2.45, 2.75) is 6.42 Å². The fourth-order valence-corrected chi connectivity index (χ4v) is 3.12. The number of amides is 1. The van der Waals surface area contributed by atoms with Gasteiger partial charge in [0, 0.05) is 28.7 Å². The second-order valence-corrected chi connectivity index (χ2v) is 6.77. The van der Waals surface area contributed by atoms with Crippen LogP contribution < -0.4 is 10.1 Å². The second kappa shape index (κ2) is 9.70. The molecule has 0 saturated carbocycles. The molecule has 0 saturated heterocycles. The lowest BCUT2D eigenvalue weighted by Crippen LogP contribution is -2.30. The van der Waals surface area contributed by atoms with Crippen molar-refractivity contribution < 1.29 is 29.6 Å². The van der Waals surface area contributed by atoms with Crippen LogP contribution in [0.2, 0.25) is 5.02 Å². The average molecular weight is 434 g/mol. The smallest absolute Gasteiger partial charge is 0.262 e. The van der Waals surface area contributed by atoms with Gasteiger partial charge in [-0.1, -0.05) is 11.6 Å². The van der Waals surface area contributed by atoms with E-state index in [1.54, 1.807) is 48.7 Å². The number of carbonyl (C=O) groups excluding carboxylic acids is 2. The first-order valence-electron chi connectivity index (χ1n) is 8.95. The third-order valence-corrected chi connectivity index (χ3v) is 4.64. The number of hydrogen-bond donors (Lipinski definition) is 3. The van der Waals surface area contributed by atoms with Crippen LogP contribution in [0.1, 0.15) is 15.9 Å². The Morgan fingerprint density at radius 3 is 2.57 bits per heavy atom. The molecule has 30 heavy (non-hydrogen) atoms. The summed E-state index contributed by atoms with van der Waals surface area (Å²) in [7, 11) is 1.54. The van der Waals surface area contributed by atoms with Crippen molar-refractivity contribution in [2.24, 2.45) is 0 Å². The normalized spacial score (nSPS) is 11.1. The molecule has 3 rings (SSSR count). The molecule has 0 unspecified atom stereocenters. The van der Waals surface area contributed by atoms with Crippen molar-refractivity contribution in [1.82, 2.24) is 15.3 Å². The Bertz CT molecular complexity index is 1050. The zero-order chi connectivity index (χ0) is 21.7. The zero-order valence-corrected chi connectivity index (χ0v) is 16.8. The Kier molecular flexibility index (Phi) is 7.03. The van der Waals surface area contributed by atoms with Crippen LogP contribution in [0, 0.1) is 0 Å². The van der Waals surface area contributed by atoms with Gasteiger partial charge in [-0.3, -0.25) is 24.6 Å². The maximum atomic E-state index is 13.0. The molecule has 3 aromatic rings. The van der Waals surface area contributed by atoms with Crippen molar-refractivity contribution in [3.63, 3.8) is 0 Å². The summed E-state index contributed by atoms with van der Waals surface area (Å²) in [6.45, 7) is -0.0501. The molecule has 0 spiro atoms. The Morgan fingerprint density at radius 1 is 1.17 bits per heavy atom. The number of nitrogens with one attached hydrogen (secondary N) is 1. The third-order valence-electron chi connectivity index (χ3n) is 4.39. The van der Waals surface area contributed by atoms with Crippen LogP contribution in [0.25, 0.3) is 10.9 Å². The molecule has 0 atom stereocenters. The largest absolute Gasteiger partial charge is 0.497 e. The Hall–Kier alpha value is -2.95. The molecule has 2 aromatic carbocycles. The SMILES string of the molecule is COc1ccc2c(c1)c(CC(=O)NCCON(O)O)cn2C(=O)c1ccc(Cl)cc1. The van der Waals surface area contributed by atoms with Gasteiger partial charge in [-0.2, -0.15) is 0 Å². The van der Waals surface area contributed by atoms with Crippen LogP contribution in [-0.2, 0) is 16.1 Å². The number of carbonyl (C=O) groups is 2. The summed E-state index contributed by atoms with van der Waals surface area (Å²) in [5, 5.41) is 20.4. The molecule has 10 heteroatoms.